The molecule has 0 radical (unpaired) electrons. The first-order valence-corrected chi connectivity index (χ1v) is 7.53. The average Bonchev–Trinajstić information content (AvgIpc) is 2.56. The van der Waals surface area contributed by atoms with Gasteiger partial charge in [0.05, 0.1) is 19.2 Å². The first-order chi connectivity index (χ1) is 9.84. The van der Waals surface area contributed by atoms with Crippen LogP contribution in [0, 0.1) is 0 Å². The maximum atomic E-state index is 12.5. The number of hydrogen-bond donors (Lipinski definition) is 1. The minimum absolute atomic E-state index is 0.0116. The molecule has 2 aliphatic heterocycles. The second kappa shape index (κ2) is 6.37. The third-order valence-corrected chi connectivity index (χ3v) is 4.16. The van der Waals surface area contributed by atoms with Crippen LogP contribution in [0.15, 0.2) is 30.3 Å². The SMILES string of the molecule is O=C([C@@H]1CCCCN1)N1CCOC(c2ccccc2)C1. The van der Waals surface area contributed by atoms with Crippen molar-refractivity contribution in [2.24, 2.45) is 0 Å². The predicted octanol–water partition coefficient (Wildman–Crippen LogP) is 1.73. The monoisotopic (exact) mass is 274 g/mol. The number of carbonyl (C=O) groups is 1. The van der Waals surface area contributed by atoms with Crippen LogP contribution in [-0.2, 0) is 9.53 Å². The van der Waals surface area contributed by atoms with Crippen LogP contribution >= 0.6 is 0 Å². The number of amides is 1. The van der Waals surface area contributed by atoms with Crippen molar-refractivity contribution in [2.45, 2.75) is 31.4 Å². The molecule has 0 spiro atoms. The Balaban J connectivity index is 1.64. The minimum atomic E-state index is 0.0116. The molecular formula is C16H22N2O2. The number of rotatable bonds is 2. The third-order valence-electron chi connectivity index (χ3n) is 4.16. The van der Waals surface area contributed by atoms with Crippen molar-refractivity contribution < 1.29 is 9.53 Å². The molecule has 108 valence electrons. The van der Waals surface area contributed by atoms with Crippen molar-refractivity contribution in [1.29, 1.82) is 0 Å². The highest BCUT2D eigenvalue weighted by molar-refractivity contribution is 5.82. The average molecular weight is 274 g/mol. The van der Waals surface area contributed by atoms with Crippen LogP contribution in [-0.4, -0.2) is 43.1 Å². The first-order valence-electron chi connectivity index (χ1n) is 7.53. The molecule has 20 heavy (non-hydrogen) atoms. The van der Waals surface area contributed by atoms with E-state index >= 15 is 0 Å². The van der Waals surface area contributed by atoms with Gasteiger partial charge in [0, 0.05) is 6.54 Å². The summed E-state index contributed by atoms with van der Waals surface area (Å²) in [7, 11) is 0. The van der Waals surface area contributed by atoms with Crippen molar-refractivity contribution in [3.8, 4) is 0 Å². The van der Waals surface area contributed by atoms with Gasteiger partial charge >= 0.3 is 0 Å². The van der Waals surface area contributed by atoms with E-state index in [2.05, 4.69) is 17.4 Å². The number of benzene rings is 1. The summed E-state index contributed by atoms with van der Waals surface area (Å²) < 4.78 is 5.82. The smallest absolute Gasteiger partial charge is 0.239 e. The lowest BCUT2D eigenvalue weighted by molar-refractivity contribution is -0.141. The lowest BCUT2D eigenvalue weighted by Gasteiger charge is -2.36. The zero-order chi connectivity index (χ0) is 13.8. The van der Waals surface area contributed by atoms with Gasteiger partial charge in [-0.1, -0.05) is 36.8 Å². The van der Waals surface area contributed by atoms with E-state index < -0.39 is 0 Å². The van der Waals surface area contributed by atoms with Crippen LogP contribution in [0.2, 0.25) is 0 Å². The normalized spacial score (nSPS) is 27.3. The number of nitrogens with zero attached hydrogens (tertiary/aromatic N) is 1. The van der Waals surface area contributed by atoms with Gasteiger partial charge < -0.3 is 15.0 Å². The number of morpholine rings is 1. The molecule has 2 aliphatic rings. The highest BCUT2D eigenvalue weighted by Crippen LogP contribution is 2.23. The van der Waals surface area contributed by atoms with Crippen molar-refractivity contribution in [3.05, 3.63) is 35.9 Å². The van der Waals surface area contributed by atoms with E-state index in [1.165, 1.54) is 6.42 Å². The van der Waals surface area contributed by atoms with Crippen molar-refractivity contribution in [2.75, 3.05) is 26.2 Å². The number of piperidine rings is 1. The highest BCUT2D eigenvalue weighted by Gasteiger charge is 2.30. The maximum absolute atomic E-state index is 12.5. The van der Waals surface area contributed by atoms with E-state index in [0.717, 1.165) is 24.9 Å². The first kappa shape index (κ1) is 13.6. The van der Waals surface area contributed by atoms with E-state index in [1.54, 1.807) is 0 Å². The van der Waals surface area contributed by atoms with Gasteiger partial charge in [-0.05, 0) is 24.9 Å². The molecule has 2 heterocycles. The standard InChI is InChI=1S/C16H22N2O2/c19-16(14-8-4-5-9-17-14)18-10-11-20-15(12-18)13-6-2-1-3-7-13/h1-3,6-7,14-15,17H,4-5,8-12H2/t14-,15?/m0/s1. The molecule has 2 atom stereocenters. The van der Waals surface area contributed by atoms with Crippen LogP contribution in [0.5, 0.6) is 0 Å². The maximum Gasteiger partial charge on any atom is 0.239 e. The molecular weight excluding hydrogens is 252 g/mol. The number of carbonyl (C=O) groups excluding carboxylic acids is 1. The summed E-state index contributed by atoms with van der Waals surface area (Å²) in [5.41, 5.74) is 1.15. The Morgan fingerprint density at radius 2 is 2.10 bits per heavy atom. The lowest BCUT2D eigenvalue weighted by Crippen LogP contribution is -2.52. The van der Waals surface area contributed by atoms with Crippen LogP contribution < -0.4 is 5.32 Å². The Bertz CT molecular complexity index is 443. The fourth-order valence-electron chi connectivity index (χ4n) is 3.00. The van der Waals surface area contributed by atoms with E-state index in [-0.39, 0.29) is 18.1 Å². The van der Waals surface area contributed by atoms with Gasteiger partial charge in [-0.3, -0.25) is 4.79 Å². The van der Waals surface area contributed by atoms with Crippen LogP contribution in [0.4, 0.5) is 0 Å². The summed E-state index contributed by atoms with van der Waals surface area (Å²) in [6.45, 7) is 2.96. The van der Waals surface area contributed by atoms with Gasteiger partial charge in [-0.2, -0.15) is 0 Å². The molecule has 1 unspecified atom stereocenters. The second-order valence-corrected chi connectivity index (χ2v) is 5.56. The molecule has 1 aromatic carbocycles. The Morgan fingerprint density at radius 1 is 1.25 bits per heavy atom. The summed E-state index contributed by atoms with van der Waals surface area (Å²) in [6, 6.07) is 10.2. The summed E-state index contributed by atoms with van der Waals surface area (Å²) >= 11 is 0. The van der Waals surface area contributed by atoms with Crippen LogP contribution in [0.3, 0.4) is 0 Å². The Labute approximate surface area is 120 Å². The van der Waals surface area contributed by atoms with E-state index in [9.17, 15) is 4.79 Å². The fraction of sp³-hybridized carbons (Fsp3) is 0.562. The van der Waals surface area contributed by atoms with Gasteiger partial charge in [0.1, 0.15) is 6.10 Å². The van der Waals surface area contributed by atoms with E-state index in [1.807, 2.05) is 23.1 Å². The van der Waals surface area contributed by atoms with Crippen LogP contribution in [0.1, 0.15) is 30.9 Å². The molecule has 1 aromatic rings. The van der Waals surface area contributed by atoms with Crippen molar-refractivity contribution in [3.63, 3.8) is 0 Å². The van der Waals surface area contributed by atoms with Gasteiger partial charge in [-0.15, -0.1) is 0 Å². The third kappa shape index (κ3) is 3.02. The molecule has 0 bridgehead atoms. The van der Waals surface area contributed by atoms with Crippen molar-refractivity contribution >= 4 is 5.91 Å². The highest BCUT2D eigenvalue weighted by atomic mass is 16.5. The van der Waals surface area contributed by atoms with Gasteiger partial charge in [0.15, 0.2) is 0 Å². The van der Waals surface area contributed by atoms with Crippen molar-refractivity contribution in [1.82, 2.24) is 10.2 Å². The summed E-state index contributed by atoms with van der Waals surface area (Å²) in [5.74, 6) is 0.244. The zero-order valence-electron chi connectivity index (χ0n) is 11.8. The molecule has 1 amide bonds. The Hall–Kier alpha value is -1.39. The zero-order valence-corrected chi connectivity index (χ0v) is 11.8. The van der Waals surface area contributed by atoms with Crippen LogP contribution in [0.25, 0.3) is 0 Å². The quantitative estimate of drug-likeness (QED) is 0.893. The summed E-state index contributed by atoms with van der Waals surface area (Å²) in [5, 5.41) is 3.34. The molecule has 0 aliphatic carbocycles. The molecule has 4 heteroatoms. The van der Waals surface area contributed by atoms with Gasteiger partial charge in [0.2, 0.25) is 5.91 Å². The van der Waals surface area contributed by atoms with E-state index in [4.69, 9.17) is 4.74 Å². The predicted molar refractivity (Wildman–Crippen MR) is 77.4 cm³/mol. The molecule has 1 N–H and O–H groups in total. The molecule has 2 saturated heterocycles. The lowest BCUT2D eigenvalue weighted by atomic mass is 10.0. The molecule has 4 nitrogen and oxygen atoms in total. The molecule has 0 saturated carbocycles. The largest absolute Gasteiger partial charge is 0.370 e. The Kier molecular flexibility index (Phi) is 4.33. The summed E-state index contributed by atoms with van der Waals surface area (Å²) in [4.78, 5) is 14.5. The Morgan fingerprint density at radius 3 is 2.85 bits per heavy atom. The van der Waals surface area contributed by atoms with E-state index in [0.29, 0.717) is 19.7 Å². The van der Waals surface area contributed by atoms with Gasteiger partial charge in [-0.25, -0.2) is 0 Å². The molecule has 3 rings (SSSR count). The second-order valence-electron chi connectivity index (χ2n) is 5.56. The fourth-order valence-corrected chi connectivity index (χ4v) is 3.00. The minimum Gasteiger partial charge on any atom is -0.370 e. The number of nitrogens with one attached hydrogen (secondary N) is 1. The van der Waals surface area contributed by atoms with Gasteiger partial charge in [0.25, 0.3) is 0 Å². The topological polar surface area (TPSA) is 41.6 Å². The number of hydrogen-bond acceptors (Lipinski definition) is 3. The summed E-state index contributed by atoms with van der Waals surface area (Å²) in [6.07, 6.45) is 3.30. The number of ether oxygens (including phenoxy) is 1. The molecule has 0 aromatic heterocycles. The molecule has 2 fully saturated rings.